The average molecular weight is 373 g/mol. The molecule has 3 aromatic carbocycles. The van der Waals surface area contributed by atoms with Crippen LogP contribution in [0, 0.1) is 6.92 Å². The van der Waals surface area contributed by atoms with Crippen molar-refractivity contribution in [3.05, 3.63) is 125 Å². The fourth-order valence-electron chi connectivity index (χ4n) is 3.95. The highest BCUT2D eigenvalue weighted by atomic mass is 35.5. The standard InChI is InChI=1S/C24H21ClN2/c1-18-16-19(17-25)12-13-22(18)24(23-26-14-15-27-23,20-8-4-2-5-9-20)21-10-6-3-7-11-21/h2-16H,17H2,1H3,(H,26,27). The molecule has 0 radical (unpaired) electrons. The number of halogens is 1. The molecule has 1 aromatic heterocycles. The molecule has 0 saturated carbocycles. The number of benzene rings is 3. The fraction of sp³-hybridized carbons (Fsp3) is 0.125. The Kier molecular flexibility index (Phi) is 4.83. The molecule has 0 amide bonds. The van der Waals surface area contributed by atoms with Crippen molar-refractivity contribution in [3.63, 3.8) is 0 Å². The predicted octanol–water partition coefficient (Wildman–Crippen LogP) is 5.84. The van der Waals surface area contributed by atoms with Crippen molar-refractivity contribution in [1.82, 2.24) is 9.97 Å². The van der Waals surface area contributed by atoms with E-state index in [0.29, 0.717) is 5.88 Å². The molecule has 0 atom stereocenters. The van der Waals surface area contributed by atoms with E-state index in [0.717, 1.165) is 11.4 Å². The van der Waals surface area contributed by atoms with Crippen molar-refractivity contribution < 1.29 is 0 Å². The van der Waals surface area contributed by atoms with Crippen molar-refractivity contribution in [1.29, 1.82) is 0 Å². The maximum atomic E-state index is 6.08. The lowest BCUT2D eigenvalue weighted by atomic mass is 9.67. The topological polar surface area (TPSA) is 28.7 Å². The quantitative estimate of drug-likeness (QED) is 0.346. The molecule has 0 aliphatic rings. The molecule has 134 valence electrons. The molecule has 0 unspecified atom stereocenters. The molecule has 0 bridgehead atoms. The van der Waals surface area contributed by atoms with E-state index in [1.165, 1.54) is 22.3 Å². The number of nitrogens with zero attached hydrogens (tertiary/aromatic N) is 1. The van der Waals surface area contributed by atoms with Crippen LogP contribution in [0.2, 0.25) is 0 Å². The first kappa shape index (κ1) is 17.6. The van der Waals surface area contributed by atoms with Gasteiger partial charge in [-0.05, 0) is 34.7 Å². The lowest BCUT2D eigenvalue weighted by molar-refractivity contribution is 0.686. The van der Waals surface area contributed by atoms with Crippen LogP contribution in [0.25, 0.3) is 0 Å². The van der Waals surface area contributed by atoms with E-state index in [-0.39, 0.29) is 0 Å². The Bertz CT molecular complexity index is 969. The van der Waals surface area contributed by atoms with Gasteiger partial charge in [-0.2, -0.15) is 0 Å². The van der Waals surface area contributed by atoms with Gasteiger partial charge in [0, 0.05) is 18.3 Å². The maximum absolute atomic E-state index is 6.08. The summed E-state index contributed by atoms with van der Waals surface area (Å²) in [5.74, 6) is 1.41. The van der Waals surface area contributed by atoms with Crippen LogP contribution in [-0.4, -0.2) is 9.97 Å². The summed E-state index contributed by atoms with van der Waals surface area (Å²) in [6, 6.07) is 27.6. The number of aryl methyl sites for hydroxylation is 1. The summed E-state index contributed by atoms with van der Waals surface area (Å²) in [6.07, 6.45) is 3.71. The molecule has 0 spiro atoms. The number of nitrogens with one attached hydrogen (secondary N) is 1. The Balaban J connectivity index is 2.12. The third kappa shape index (κ3) is 2.96. The van der Waals surface area contributed by atoms with Gasteiger partial charge in [-0.25, -0.2) is 4.98 Å². The van der Waals surface area contributed by atoms with Gasteiger partial charge < -0.3 is 4.98 Å². The van der Waals surface area contributed by atoms with Crippen molar-refractivity contribution in [2.24, 2.45) is 0 Å². The average Bonchev–Trinajstić information content (AvgIpc) is 3.26. The van der Waals surface area contributed by atoms with E-state index in [2.05, 4.69) is 78.6 Å². The van der Waals surface area contributed by atoms with Crippen LogP contribution < -0.4 is 0 Å². The van der Waals surface area contributed by atoms with Gasteiger partial charge >= 0.3 is 0 Å². The highest BCUT2D eigenvalue weighted by Crippen LogP contribution is 2.44. The van der Waals surface area contributed by atoms with E-state index < -0.39 is 5.41 Å². The fourth-order valence-corrected chi connectivity index (χ4v) is 4.12. The number of H-pyrrole nitrogens is 1. The smallest absolute Gasteiger partial charge is 0.125 e. The Morgan fingerprint density at radius 3 is 2.00 bits per heavy atom. The van der Waals surface area contributed by atoms with Crippen molar-refractivity contribution in [3.8, 4) is 0 Å². The van der Waals surface area contributed by atoms with Gasteiger partial charge in [0.1, 0.15) is 11.2 Å². The number of hydrogen-bond donors (Lipinski definition) is 1. The number of imidazole rings is 1. The normalized spacial score (nSPS) is 11.5. The summed E-state index contributed by atoms with van der Waals surface area (Å²) < 4.78 is 0. The molecule has 3 heteroatoms. The van der Waals surface area contributed by atoms with Gasteiger partial charge in [-0.15, -0.1) is 11.6 Å². The second kappa shape index (κ2) is 7.42. The summed E-state index contributed by atoms with van der Waals surface area (Å²) in [6.45, 7) is 2.15. The first-order chi connectivity index (χ1) is 13.3. The van der Waals surface area contributed by atoms with Gasteiger partial charge in [0.05, 0.1) is 0 Å². The first-order valence-electron chi connectivity index (χ1n) is 9.03. The third-order valence-corrected chi connectivity index (χ3v) is 5.42. The molecule has 0 saturated heterocycles. The van der Waals surface area contributed by atoms with Crippen LogP contribution in [0.1, 0.15) is 33.6 Å². The van der Waals surface area contributed by atoms with Crippen molar-refractivity contribution in [2.45, 2.75) is 18.2 Å². The lowest BCUT2D eigenvalue weighted by Crippen LogP contribution is -2.33. The number of hydrogen-bond acceptors (Lipinski definition) is 1. The molecule has 4 rings (SSSR count). The molecule has 0 aliphatic heterocycles. The zero-order valence-electron chi connectivity index (χ0n) is 15.2. The second-order valence-electron chi connectivity index (χ2n) is 6.70. The minimum atomic E-state index is -0.527. The predicted molar refractivity (Wildman–Crippen MR) is 111 cm³/mol. The zero-order valence-corrected chi connectivity index (χ0v) is 15.9. The minimum absolute atomic E-state index is 0.506. The number of aromatic amines is 1. The molecule has 2 nitrogen and oxygen atoms in total. The number of rotatable bonds is 5. The summed E-state index contributed by atoms with van der Waals surface area (Å²) in [5, 5.41) is 0. The van der Waals surface area contributed by atoms with E-state index in [9.17, 15) is 0 Å². The Hall–Kier alpha value is -2.84. The second-order valence-corrected chi connectivity index (χ2v) is 6.97. The van der Waals surface area contributed by atoms with Crippen LogP contribution >= 0.6 is 11.6 Å². The minimum Gasteiger partial charge on any atom is -0.347 e. The van der Waals surface area contributed by atoms with E-state index in [1.807, 2.05) is 24.5 Å². The van der Waals surface area contributed by atoms with Crippen LogP contribution in [0.5, 0.6) is 0 Å². The monoisotopic (exact) mass is 372 g/mol. The number of aromatic nitrogens is 2. The van der Waals surface area contributed by atoms with Crippen molar-refractivity contribution >= 4 is 11.6 Å². The molecule has 0 aliphatic carbocycles. The lowest BCUT2D eigenvalue weighted by Gasteiger charge is -2.35. The third-order valence-electron chi connectivity index (χ3n) is 5.12. The summed E-state index contributed by atoms with van der Waals surface area (Å²) in [5.41, 5.74) is 5.33. The van der Waals surface area contributed by atoms with Gasteiger partial charge in [-0.3, -0.25) is 0 Å². The largest absolute Gasteiger partial charge is 0.347 e. The molecule has 1 heterocycles. The Morgan fingerprint density at radius 1 is 0.889 bits per heavy atom. The molecule has 27 heavy (non-hydrogen) atoms. The van der Waals surface area contributed by atoms with Crippen LogP contribution in [0.4, 0.5) is 0 Å². The van der Waals surface area contributed by atoms with Crippen LogP contribution in [0.15, 0.2) is 91.3 Å². The molecular weight excluding hydrogens is 352 g/mol. The van der Waals surface area contributed by atoms with Crippen molar-refractivity contribution in [2.75, 3.05) is 0 Å². The van der Waals surface area contributed by atoms with Gasteiger partial charge in [0.15, 0.2) is 0 Å². The van der Waals surface area contributed by atoms with E-state index in [4.69, 9.17) is 16.6 Å². The molecule has 0 fully saturated rings. The highest BCUT2D eigenvalue weighted by Gasteiger charge is 2.41. The summed E-state index contributed by atoms with van der Waals surface area (Å²) >= 11 is 6.08. The van der Waals surface area contributed by atoms with Gasteiger partial charge in [-0.1, -0.05) is 78.9 Å². The summed E-state index contributed by atoms with van der Waals surface area (Å²) in [4.78, 5) is 8.11. The van der Waals surface area contributed by atoms with Gasteiger partial charge in [0.25, 0.3) is 0 Å². The first-order valence-corrected chi connectivity index (χ1v) is 9.57. The SMILES string of the molecule is Cc1cc(CCl)ccc1C(c1ccccc1)(c1ccccc1)c1ncc[nH]1. The number of alkyl halides is 1. The Morgan fingerprint density at radius 2 is 1.52 bits per heavy atom. The van der Waals surface area contributed by atoms with E-state index in [1.54, 1.807) is 0 Å². The van der Waals surface area contributed by atoms with E-state index >= 15 is 0 Å². The zero-order chi connectivity index (χ0) is 18.7. The van der Waals surface area contributed by atoms with Gasteiger partial charge in [0.2, 0.25) is 0 Å². The summed E-state index contributed by atoms with van der Waals surface area (Å²) in [7, 11) is 0. The molecular formula is C24H21ClN2. The van der Waals surface area contributed by atoms with Crippen LogP contribution in [0.3, 0.4) is 0 Å². The highest BCUT2D eigenvalue weighted by molar-refractivity contribution is 6.17. The maximum Gasteiger partial charge on any atom is 0.125 e. The Labute approximate surface area is 164 Å². The molecule has 1 N–H and O–H groups in total. The van der Waals surface area contributed by atoms with Crippen LogP contribution in [-0.2, 0) is 11.3 Å². The molecule has 4 aromatic rings.